The lowest BCUT2D eigenvalue weighted by Crippen LogP contribution is -2.45. The molecule has 0 spiro atoms. The Morgan fingerprint density at radius 1 is 1.07 bits per heavy atom. The third kappa shape index (κ3) is 8.11. The summed E-state index contributed by atoms with van der Waals surface area (Å²) in [5, 5.41) is 4.83. The third-order valence-electron chi connectivity index (χ3n) is 11.3. The summed E-state index contributed by atoms with van der Waals surface area (Å²) in [6.07, 6.45) is 6.04. The van der Waals surface area contributed by atoms with E-state index >= 15 is 0 Å². The number of carbonyl (C=O) groups excluding carboxylic acids is 3. The number of fused-ring (bicyclic) bond motifs is 4. The number of hydrogen-bond acceptors (Lipinski definition) is 10. The maximum atomic E-state index is 14.9. The fourth-order valence-electron chi connectivity index (χ4n) is 8.53. The van der Waals surface area contributed by atoms with Crippen molar-refractivity contribution in [1.82, 2.24) is 14.5 Å². The first-order chi connectivity index (χ1) is 25.9. The number of esters is 1. The largest absolute Gasteiger partial charge is 0.491 e. The van der Waals surface area contributed by atoms with E-state index in [9.17, 15) is 18.6 Å². The molecule has 2 bridgehead atoms. The number of carbonyl (C=O) groups is 3. The summed E-state index contributed by atoms with van der Waals surface area (Å²) in [6, 6.07) is 11.2. The summed E-state index contributed by atoms with van der Waals surface area (Å²) in [4.78, 5) is 43.0. The standard InChI is InChI=1S/C39H48ClN5O8S/c1-23-22-54(49,43-38(48)31-21-44(2)41-39(31)51-4)42-37(47)25-10-13-33-32(16-25)45(19-26-8-11-29(40)15-24(26)7-5-6-14-52-33)20-27-9-12-30(27)34(50-3)17-28-18-35(46)53-36(23)28/h8,10-11,13,15-16,21,23,27-28,30,34,36H,5-7,9,12,14,17-20,22H2,1-4H3,(H,42,43,47,48,49)/t23-,27+,28+,30-,34+,36-,54?/m1/s1. The van der Waals surface area contributed by atoms with Gasteiger partial charge in [-0.25, -0.2) is 4.21 Å². The second-order valence-corrected chi connectivity index (χ2v) is 17.5. The van der Waals surface area contributed by atoms with Gasteiger partial charge in [0.15, 0.2) is 0 Å². The second-order valence-electron chi connectivity index (χ2n) is 15.0. The average Bonchev–Trinajstić information content (AvgIpc) is 3.69. The first-order valence-electron chi connectivity index (χ1n) is 18.6. The molecule has 2 aromatic carbocycles. The number of amides is 2. The number of rotatable bonds is 4. The van der Waals surface area contributed by atoms with Crippen LogP contribution in [-0.2, 0) is 44.2 Å². The van der Waals surface area contributed by atoms with Crippen molar-refractivity contribution in [3.8, 4) is 11.6 Å². The SMILES string of the molecule is COc1nn(C)cc1C(=O)NS1(=O)=NC(=O)c2ccc3c(c2)N(Cc2ccc(Cl)cc2CCCCO3)C[C@@H]2CC[C@H]2[C@@H](OC)C[C@H]2CC(=O)O[C@@H]2[C@H](C)C1. The Labute approximate surface area is 321 Å². The van der Waals surface area contributed by atoms with Crippen LogP contribution in [0.3, 0.4) is 0 Å². The van der Waals surface area contributed by atoms with Crippen LogP contribution >= 0.6 is 11.6 Å². The van der Waals surface area contributed by atoms with Crippen molar-refractivity contribution in [2.24, 2.45) is 35.1 Å². The Hall–Kier alpha value is -4.14. The lowest BCUT2D eigenvalue weighted by atomic mass is 9.68. The number of nitrogens with one attached hydrogen (secondary N) is 1. The van der Waals surface area contributed by atoms with Crippen LogP contribution in [0.1, 0.15) is 77.3 Å². The van der Waals surface area contributed by atoms with Crippen molar-refractivity contribution in [2.75, 3.05) is 38.0 Å². The zero-order valence-corrected chi connectivity index (χ0v) is 32.7. The Balaban J connectivity index is 1.35. The summed E-state index contributed by atoms with van der Waals surface area (Å²) in [7, 11) is 0.907. The van der Waals surface area contributed by atoms with E-state index in [1.807, 2.05) is 19.1 Å². The van der Waals surface area contributed by atoms with Crippen molar-refractivity contribution < 1.29 is 37.5 Å². The molecule has 1 aromatic heterocycles. The highest BCUT2D eigenvalue weighted by Crippen LogP contribution is 2.45. The molecule has 7 atom stereocenters. The fourth-order valence-corrected chi connectivity index (χ4v) is 10.6. The van der Waals surface area contributed by atoms with Gasteiger partial charge >= 0.3 is 5.97 Å². The molecule has 290 valence electrons. The van der Waals surface area contributed by atoms with Gasteiger partial charge in [0.1, 0.15) is 27.3 Å². The summed E-state index contributed by atoms with van der Waals surface area (Å²) < 4.78 is 46.9. The minimum atomic E-state index is -3.82. The quantitative estimate of drug-likeness (QED) is 0.323. The van der Waals surface area contributed by atoms with E-state index < -0.39 is 33.8 Å². The van der Waals surface area contributed by atoms with Crippen molar-refractivity contribution in [1.29, 1.82) is 0 Å². The summed E-state index contributed by atoms with van der Waals surface area (Å²) in [6.45, 7) is 3.51. The maximum Gasteiger partial charge on any atom is 0.306 e. The van der Waals surface area contributed by atoms with Crippen molar-refractivity contribution in [2.45, 2.75) is 70.6 Å². The van der Waals surface area contributed by atoms with Crippen LogP contribution in [0.4, 0.5) is 5.69 Å². The molecule has 1 saturated carbocycles. The minimum absolute atomic E-state index is 0.0309. The molecule has 54 heavy (non-hydrogen) atoms. The molecule has 1 saturated heterocycles. The van der Waals surface area contributed by atoms with Gasteiger partial charge in [-0.05, 0) is 91.8 Å². The van der Waals surface area contributed by atoms with Crippen LogP contribution in [0.25, 0.3) is 0 Å². The highest BCUT2D eigenvalue weighted by Gasteiger charge is 2.45. The number of ether oxygens (including phenoxy) is 4. The predicted molar refractivity (Wildman–Crippen MR) is 203 cm³/mol. The molecule has 7 rings (SSSR count). The van der Waals surface area contributed by atoms with E-state index in [1.165, 1.54) is 23.6 Å². The van der Waals surface area contributed by atoms with Gasteiger partial charge in [0.05, 0.1) is 37.7 Å². The maximum absolute atomic E-state index is 14.9. The second kappa shape index (κ2) is 15.9. The van der Waals surface area contributed by atoms with Crippen molar-refractivity contribution in [3.63, 3.8) is 0 Å². The zero-order valence-electron chi connectivity index (χ0n) is 31.1. The molecule has 4 heterocycles. The van der Waals surface area contributed by atoms with E-state index in [2.05, 4.69) is 25.1 Å². The molecule has 1 unspecified atom stereocenters. The zero-order chi connectivity index (χ0) is 38.1. The van der Waals surface area contributed by atoms with E-state index in [-0.39, 0.29) is 59.0 Å². The van der Waals surface area contributed by atoms with Gasteiger partial charge in [-0.1, -0.05) is 24.6 Å². The first kappa shape index (κ1) is 38.1. The van der Waals surface area contributed by atoms with Gasteiger partial charge in [0, 0.05) is 55.9 Å². The number of halogens is 1. The fraction of sp³-hybridized carbons (Fsp3) is 0.538. The van der Waals surface area contributed by atoms with Crippen LogP contribution in [0.5, 0.6) is 11.6 Å². The lowest BCUT2D eigenvalue weighted by molar-refractivity contribution is -0.143. The molecule has 2 fully saturated rings. The Kier molecular flexibility index (Phi) is 11.2. The van der Waals surface area contributed by atoms with Crippen LogP contribution in [0.15, 0.2) is 47.0 Å². The number of methoxy groups -OCH3 is 2. The molecule has 1 N–H and O–H groups in total. The first-order valence-corrected chi connectivity index (χ1v) is 20.7. The number of nitrogens with zero attached hydrogens (tertiary/aromatic N) is 4. The number of hydrogen-bond donors (Lipinski definition) is 1. The number of aryl methyl sites for hydroxylation is 2. The van der Waals surface area contributed by atoms with Crippen LogP contribution in [-0.4, -0.2) is 77.1 Å². The van der Waals surface area contributed by atoms with Gasteiger partial charge in [-0.3, -0.25) is 23.8 Å². The molecule has 3 aromatic rings. The molecule has 1 aliphatic carbocycles. The highest BCUT2D eigenvalue weighted by atomic mass is 35.5. The molecule has 15 heteroatoms. The Morgan fingerprint density at radius 2 is 1.91 bits per heavy atom. The smallest absolute Gasteiger partial charge is 0.306 e. The van der Waals surface area contributed by atoms with E-state index in [0.29, 0.717) is 36.9 Å². The Morgan fingerprint density at radius 3 is 2.67 bits per heavy atom. The molecular weight excluding hydrogens is 734 g/mol. The number of benzene rings is 2. The number of aromatic nitrogens is 2. The summed E-state index contributed by atoms with van der Waals surface area (Å²) >= 11 is 6.48. The highest BCUT2D eigenvalue weighted by molar-refractivity contribution is 7.92. The molecule has 4 aliphatic rings. The molecular formula is C39H48ClN5O8S. The van der Waals surface area contributed by atoms with Crippen LogP contribution < -0.4 is 19.1 Å². The van der Waals surface area contributed by atoms with Crippen LogP contribution in [0.2, 0.25) is 5.02 Å². The third-order valence-corrected chi connectivity index (χ3v) is 13.5. The molecule has 2 amide bonds. The number of anilines is 1. The van der Waals surface area contributed by atoms with E-state index in [0.717, 1.165) is 43.4 Å². The van der Waals surface area contributed by atoms with E-state index in [4.69, 9.17) is 30.5 Å². The van der Waals surface area contributed by atoms with Gasteiger partial charge in [0.25, 0.3) is 11.8 Å². The monoisotopic (exact) mass is 781 g/mol. The normalized spacial score (nSPS) is 28.8. The van der Waals surface area contributed by atoms with Gasteiger partial charge < -0.3 is 23.8 Å². The van der Waals surface area contributed by atoms with Crippen LogP contribution in [0, 0.1) is 23.7 Å². The predicted octanol–water partition coefficient (Wildman–Crippen LogP) is 5.77. The summed E-state index contributed by atoms with van der Waals surface area (Å²) in [5.74, 6) is -1.71. The Bertz CT molecular complexity index is 2050. The van der Waals surface area contributed by atoms with Crippen molar-refractivity contribution in [3.05, 3.63) is 69.9 Å². The summed E-state index contributed by atoms with van der Waals surface area (Å²) in [5.41, 5.74) is 3.26. The molecule has 13 nitrogen and oxygen atoms in total. The van der Waals surface area contributed by atoms with Gasteiger partial charge in [0.2, 0.25) is 5.88 Å². The molecule has 3 aliphatic heterocycles. The average molecular weight is 782 g/mol. The van der Waals surface area contributed by atoms with Crippen molar-refractivity contribution >= 4 is 45.0 Å². The molecule has 0 radical (unpaired) electrons. The van der Waals surface area contributed by atoms with E-state index in [1.54, 1.807) is 32.4 Å². The van der Waals surface area contributed by atoms with Gasteiger partial charge in [-0.2, -0.15) is 0 Å². The lowest BCUT2D eigenvalue weighted by Gasteiger charge is -2.45. The van der Waals surface area contributed by atoms with Gasteiger partial charge in [-0.15, -0.1) is 9.46 Å². The topological polar surface area (TPSA) is 151 Å². The minimum Gasteiger partial charge on any atom is -0.491 e.